The Balaban J connectivity index is 0. The zero-order valence-electron chi connectivity index (χ0n) is 2.90. The minimum absolute atomic E-state index is 0. The Labute approximate surface area is 45.3 Å². The van der Waals surface area contributed by atoms with Crippen molar-refractivity contribution in [3.8, 4) is 0 Å². The molecule has 0 rings (SSSR count). The van der Waals surface area contributed by atoms with E-state index in [0.717, 1.165) is 0 Å². The Hall–Kier alpha value is 0.569. The van der Waals surface area contributed by atoms with Crippen LogP contribution in [0.25, 0.3) is 0 Å². The summed E-state index contributed by atoms with van der Waals surface area (Å²) >= 11 is 0. The van der Waals surface area contributed by atoms with Crippen LogP contribution in [0.4, 0.5) is 0 Å². The van der Waals surface area contributed by atoms with Gasteiger partial charge in [0.2, 0.25) is 0 Å². The van der Waals surface area contributed by atoms with Crippen LogP contribution in [0.15, 0.2) is 0 Å². The monoisotopic (exact) mass is 253 g/mol. The van der Waals surface area contributed by atoms with E-state index < -0.39 is 0 Å². The van der Waals surface area contributed by atoms with Gasteiger partial charge in [0.05, 0.1) is 0 Å². The molecule has 1 radical (unpaired) electrons. The maximum atomic E-state index is 4.90. The Morgan fingerprint density at radius 2 is 1.20 bits per heavy atom. The number of hydrogen-bond acceptors (Lipinski definition) is 2. The van der Waals surface area contributed by atoms with Crippen molar-refractivity contribution >= 4 is 0 Å². The van der Waals surface area contributed by atoms with Crippen molar-refractivity contribution < 1.29 is 20.1 Å². The van der Waals surface area contributed by atoms with E-state index in [2.05, 4.69) is 0 Å². The first kappa shape index (κ1) is 9.13. The SMILES string of the molecule is NCCN.[Ir]. The van der Waals surface area contributed by atoms with Crippen molar-refractivity contribution in [1.82, 2.24) is 0 Å². The van der Waals surface area contributed by atoms with Gasteiger partial charge in [-0.05, 0) is 0 Å². The molecule has 0 unspecified atom stereocenters. The van der Waals surface area contributed by atoms with Gasteiger partial charge < -0.3 is 11.5 Å². The Bertz CT molecular complexity index is 9.61. The third-order valence-electron chi connectivity index (χ3n) is 0.167. The van der Waals surface area contributed by atoms with Crippen LogP contribution < -0.4 is 11.5 Å². The van der Waals surface area contributed by atoms with Crippen LogP contribution in [-0.2, 0) is 20.1 Å². The number of rotatable bonds is 1. The van der Waals surface area contributed by atoms with Crippen LogP contribution >= 0.6 is 0 Å². The molecule has 2 nitrogen and oxygen atoms in total. The van der Waals surface area contributed by atoms with Gasteiger partial charge in [-0.25, -0.2) is 0 Å². The molecule has 0 aromatic carbocycles. The van der Waals surface area contributed by atoms with Gasteiger partial charge >= 0.3 is 0 Å². The second kappa shape index (κ2) is 8.82. The van der Waals surface area contributed by atoms with Gasteiger partial charge in [-0.1, -0.05) is 0 Å². The van der Waals surface area contributed by atoms with Crippen molar-refractivity contribution in [2.24, 2.45) is 11.5 Å². The molecule has 0 fully saturated rings. The van der Waals surface area contributed by atoms with Gasteiger partial charge in [-0.3, -0.25) is 0 Å². The van der Waals surface area contributed by atoms with E-state index in [0.29, 0.717) is 13.1 Å². The first-order chi connectivity index (χ1) is 1.91. The fourth-order valence-corrected chi connectivity index (χ4v) is 0. The van der Waals surface area contributed by atoms with Crippen molar-refractivity contribution in [2.45, 2.75) is 0 Å². The molecular weight excluding hydrogens is 244 g/mol. The summed E-state index contributed by atoms with van der Waals surface area (Å²) in [7, 11) is 0. The summed E-state index contributed by atoms with van der Waals surface area (Å²) in [5.41, 5.74) is 9.81. The molecule has 0 spiro atoms. The standard InChI is InChI=1S/C2H8N2.Ir/c3-1-2-4;/h1-4H2;. The predicted molar refractivity (Wildman–Crippen MR) is 18.1 cm³/mol. The van der Waals surface area contributed by atoms with Crippen molar-refractivity contribution in [3.05, 3.63) is 0 Å². The molecule has 0 saturated carbocycles. The van der Waals surface area contributed by atoms with Gasteiger partial charge in [0.1, 0.15) is 0 Å². The maximum absolute atomic E-state index is 4.90. The molecule has 0 aliphatic heterocycles. The van der Waals surface area contributed by atoms with E-state index in [1.54, 1.807) is 0 Å². The molecule has 3 heteroatoms. The van der Waals surface area contributed by atoms with Gasteiger partial charge in [-0.15, -0.1) is 0 Å². The summed E-state index contributed by atoms with van der Waals surface area (Å²) in [5, 5.41) is 0. The fraction of sp³-hybridized carbons (Fsp3) is 1.00. The largest absolute Gasteiger partial charge is 0.329 e. The third kappa shape index (κ3) is 12.2. The molecule has 4 N–H and O–H groups in total. The molecular formula is C2H8IrN2. The summed E-state index contributed by atoms with van der Waals surface area (Å²) in [4.78, 5) is 0. The molecule has 5 heavy (non-hydrogen) atoms. The van der Waals surface area contributed by atoms with Crippen LogP contribution in [0.1, 0.15) is 0 Å². The van der Waals surface area contributed by atoms with E-state index in [1.807, 2.05) is 0 Å². The zero-order chi connectivity index (χ0) is 3.41. The molecule has 0 saturated heterocycles. The fourth-order valence-electron chi connectivity index (χ4n) is 0. The minimum atomic E-state index is 0. The van der Waals surface area contributed by atoms with Gasteiger partial charge in [0, 0.05) is 33.2 Å². The van der Waals surface area contributed by atoms with Crippen LogP contribution in [-0.4, -0.2) is 13.1 Å². The van der Waals surface area contributed by atoms with Crippen LogP contribution in [0.3, 0.4) is 0 Å². The molecule has 0 bridgehead atoms. The third-order valence-corrected chi connectivity index (χ3v) is 0.167. The summed E-state index contributed by atoms with van der Waals surface area (Å²) in [5.74, 6) is 0. The molecule has 0 aromatic rings. The van der Waals surface area contributed by atoms with E-state index in [1.165, 1.54) is 0 Å². The van der Waals surface area contributed by atoms with Crippen LogP contribution in [0.5, 0.6) is 0 Å². The van der Waals surface area contributed by atoms with Gasteiger partial charge in [0.25, 0.3) is 0 Å². The molecule has 0 heterocycles. The average Bonchev–Trinajstić information content (AvgIpc) is 1.37. The predicted octanol–water partition coefficient (Wildman–Crippen LogP) is -1.10. The van der Waals surface area contributed by atoms with E-state index >= 15 is 0 Å². The first-order valence-electron chi connectivity index (χ1n) is 1.32. The number of nitrogens with two attached hydrogens (primary N) is 2. The molecule has 0 aromatic heterocycles. The second-order valence-electron chi connectivity index (χ2n) is 0.577. The molecule has 0 aliphatic rings. The van der Waals surface area contributed by atoms with Crippen molar-refractivity contribution in [2.75, 3.05) is 13.1 Å². The molecule has 0 amide bonds. The summed E-state index contributed by atoms with van der Waals surface area (Å²) in [6.07, 6.45) is 0. The average molecular weight is 252 g/mol. The smallest absolute Gasteiger partial charge is 0.00461 e. The molecule has 35 valence electrons. The quantitative estimate of drug-likeness (QED) is 0.622. The Morgan fingerprint density at radius 3 is 1.20 bits per heavy atom. The second-order valence-corrected chi connectivity index (χ2v) is 0.577. The van der Waals surface area contributed by atoms with Crippen molar-refractivity contribution in [1.29, 1.82) is 0 Å². The van der Waals surface area contributed by atoms with E-state index in [-0.39, 0.29) is 20.1 Å². The summed E-state index contributed by atoms with van der Waals surface area (Å²) < 4.78 is 0. The van der Waals surface area contributed by atoms with E-state index in [9.17, 15) is 0 Å². The molecule has 0 aliphatic carbocycles. The summed E-state index contributed by atoms with van der Waals surface area (Å²) in [6.45, 7) is 1.19. The topological polar surface area (TPSA) is 52.0 Å². The normalized spacial score (nSPS) is 6.00. The zero-order valence-corrected chi connectivity index (χ0v) is 5.30. The van der Waals surface area contributed by atoms with E-state index in [4.69, 9.17) is 11.5 Å². The molecule has 0 atom stereocenters. The summed E-state index contributed by atoms with van der Waals surface area (Å²) in [6, 6.07) is 0. The maximum Gasteiger partial charge on any atom is 0.00461 e. The Kier molecular flexibility index (Phi) is 16.1. The van der Waals surface area contributed by atoms with Crippen LogP contribution in [0.2, 0.25) is 0 Å². The number of hydrogen-bond donors (Lipinski definition) is 2. The minimum Gasteiger partial charge on any atom is -0.329 e. The first-order valence-corrected chi connectivity index (χ1v) is 1.32. The van der Waals surface area contributed by atoms with Crippen LogP contribution in [0, 0.1) is 0 Å². The van der Waals surface area contributed by atoms with Crippen molar-refractivity contribution in [3.63, 3.8) is 0 Å². The Morgan fingerprint density at radius 1 is 1.00 bits per heavy atom. The van der Waals surface area contributed by atoms with Gasteiger partial charge in [-0.2, -0.15) is 0 Å². The van der Waals surface area contributed by atoms with Gasteiger partial charge in [0.15, 0.2) is 0 Å².